The van der Waals surface area contributed by atoms with Crippen molar-refractivity contribution in [1.82, 2.24) is 5.32 Å². The molecule has 0 spiro atoms. The second-order valence-corrected chi connectivity index (χ2v) is 9.85. The molecule has 1 rings (SSSR count). The van der Waals surface area contributed by atoms with E-state index in [4.69, 9.17) is 19.9 Å². The van der Waals surface area contributed by atoms with E-state index in [-0.39, 0.29) is 24.9 Å². The summed E-state index contributed by atoms with van der Waals surface area (Å²) in [7, 11) is 0. The van der Waals surface area contributed by atoms with E-state index in [0.29, 0.717) is 13.0 Å². The Hall–Kier alpha value is -2.61. The molecule has 3 N–H and O–H groups in total. The number of hydrogen-bond donors (Lipinski definition) is 2. The number of benzene rings is 1. The van der Waals surface area contributed by atoms with E-state index in [1.54, 1.807) is 20.8 Å². The number of esters is 1. The van der Waals surface area contributed by atoms with E-state index in [1.807, 2.05) is 52.0 Å². The van der Waals surface area contributed by atoms with Crippen molar-refractivity contribution in [1.29, 1.82) is 0 Å². The molecule has 0 saturated carbocycles. The van der Waals surface area contributed by atoms with E-state index in [2.05, 4.69) is 5.32 Å². The van der Waals surface area contributed by atoms with Gasteiger partial charge in [0.05, 0.1) is 25.2 Å². The molecule has 0 aromatic heterocycles. The van der Waals surface area contributed by atoms with Crippen LogP contribution in [0.1, 0.15) is 72.4 Å². The van der Waals surface area contributed by atoms with Crippen LogP contribution in [-0.2, 0) is 36.8 Å². The summed E-state index contributed by atoms with van der Waals surface area (Å²) >= 11 is 0. The first-order valence-corrected chi connectivity index (χ1v) is 10.8. The number of amides is 2. The number of nitrogens with one attached hydrogen (secondary N) is 1. The third-order valence-corrected chi connectivity index (χ3v) is 4.27. The van der Waals surface area contributed by atoms with Crippen molar-refractivity contribution in [3.63, 3.8) is 0 Å². The van der Waals surface area contributed by atoms with E-state index >= 15 is 0 Å². The van der Waals surface area contributed by atoms with Gasteiger partial charge in [-0.1, -0.05) is 24.3 Å². The first kappa shape index (κ1) is 27.4. The van der Waals surface area contributed by atoms with Crippen LogP contribution in [0.2, 0.25) is 0 Å². The Bertz CT molecular complexity index is 762. The maximum Gasteiger partial charge on any atom is 0.407 e. The third-order valence-electron chi connectivity index (χ3n) is 4.27. The van der Waals surface area contributed by atoms with Crippen LogP contribution >= 0.6 is 0 Å². The average molecular weight is 451 g/mol. The Balaban J connectivity index is 2.66. The summed E-state index contributed by atoms with van der Waals surface area (Å²) < 4.78 is 16.6. The molecule has 0 radical (unpaired) electrons. The number of carbonyl (C=O) groups is 3. The second-order valence-electron chi connectivity index (χ2n) is 9.85. The van der Waals surface area contributed by atoms with Crippen molar-refractivity contribution in [2.75, 3.05) is 0 Å². The highest BCUT2D eigenvalue weighted by Gasteiger charge is 2.24. The van der Waals surface area contributed by atoms with Gasteiger partial charge in [0.15, 0.2) is 0 Å². The molecule has 2 amide bonds. The standard InChI is InChI=1S/C24H38N2O6/c1-16(19(12-13-20(25)27)26-22(29)32-24(5,6)7)30-15-18-10-8-17(9-11-18)14-21(28)31-23(2,3)4/h8-11,16,19H,12-15H2,1-7H3,(H2,25,27)(H,26,29)/t16-,19?/m1/s1. The monoisotopic (exact) mass is 450 g/mol. The van der Waals surface area contributed by atoms with Gasteiger partial charge in [-0.05, 0) is 66.0 Å². The van der Waals surface area contributed by atoms with Gasteiger partial charge < -0.3 is 25.3 Å². The lowest BCUT2D eigenvalue weighted by atomic mass is 10.1. The van der Waals surface area contributed by atoms with Gasteiger partial charge in [0, 0.05) is 6.42 Å². The van der Waals surface area contributed by atoms with Crippen LogP contribution in [0.3, 0.4) is 0 Å². The number of alkyl carbamates (subject to hydrolysis) is 1. The van der Waals surface area contributed by atoms with Crippen molar-refractivity contribution in [2.45, 2.75) is 97.7 Å². The lowest BCUT2D eigenvalue weighted by Gasteiger charge is -2.27. The zero-order valence-corrected chi connectivity index (χ0v) is 20.3. The minimum atomic E-state index is -0.635. The molecular formula is C24H38N2O6. The predicted octanol–water partition coefficient (Wildman–Crippen LogP) is 3.63. The van der Waals surface area contributed by atoms with Gasteiger partial charge >= 0.3 is 12.1 Å². The molecule has 8 nitrogen and oxygen atoms in total. The molecule has 0 aliphatic heterocycles. The predicted molar refractivity (Wildman–Crippen MR) is 122 cm³/mol. The first-order chi connectivity index (χ1) is 14.6. The number of hydrogen-bond acceptors (Lipinski definition) is 6. The van der Waals surface area contributed by atoms with Crippen molar-refractivity contribution in [3.05, 3.63) is 35.4 Å². The Kier molecular flexibility index (Phi) is 10.2. The topological polar surface area (TPSA) is 117 Å². The first-order valence-electron chi connectivity index (χ1n) is 10.8. The van der Waals surface area contributed by atoms with Gasteiger partial charge in [-0.2, -0.15) is 0 Å². The molecule has 32 heavy (non-hydrogen) atoms. The highest BCUT2D eigenvalue weighted by molar-refractivity contribution is 5.74. The van der Waals surface area contributed by atoms with Crippen molar-refractivity contribution in [3.8, 4) is 0 Å². The average Bonchev–Trinajstić information content (AvgIpc) is 2.61. The van der Waals surface area contributed by atoms with Crippen molar-refractivity contribution in [2.24, 2.45) is 5.73 Å². The van der Waals surface area contributed by atoms with Crippen LogP contribution in [0.25, 0.3) is 0 Å². The molecule has 0 aliphatic carbocycles. The lowest BCUT2D eigenvalue weighted by Crippen LogP contribution is -2.45. The number of carbonyl (C=O) groups excluding carboxylic acids is 3. The lowest BCUT2D eigenvalue weighted by molar-refractivity contribution is -0.153. The molecule has 180 valence electrons. The quantitative estimate of drug-likeness (QED) is 0.526. The third kappa shape index (κ3) is 12.3. The fourth-order valence-corrected chi connectivity index (χ4v) is 2.82. The highest BCUT2D eigenvalue weighted by atomic mass is 16.6. The van der Waals surface area contributed by atoms with Crippen LogP contribution in [0.4, 0.5) is 4.79 Å². The van der Waals surface area contributed by atoms with Crippen LogP contribution in [-0.4, -0.2) is 41.3 Å². The van der Waals surface area contributed by atoms with Gasteiger partial charge in [0.1, 0.15) is 11.2 Å². The molecular weight excluding hydrogens is 412 g/mol. The van der Waals surface area contributed by atoms with Crippen LogP contribution in [0, 0.1) is 0 Å². The van der Waals surface area contributed by atoms with Crippen molar-refractivity contribution < 1.29 is 28.6 Å². The smallest absolute Gasteiger partial charge is 0.407 e. The van der Waals surface area contributed by atoms with E-state index < -0.39 is 29.2 Å². The Morgan fingerprint density at radius 1 is 0.938 bits per heavy atom. The summed E-state index contributed by atoms with van der Waals surface area (Å²) in [5, 5.41) is 2.77. The Morgan fingerprint density at radius 3 is 1.97 bits per heavy atom. The molecule has 2 atom stereocenters. The number of rotatable bonds is 10. The van der Waals surface area contributed by atoms with Gasteiger partial charge in [0.2, 0.25) is 5.91 Å². The van der Waals surface area contributed by atoms with Gasteiger partial charge in [-0.15, -0.1) is 0 Å². The summed E-state index contributed by atoms with van der Waals surface area (Å²) in [6.45, 7) is 13.0. The zero-order valence-electron chi connectivity index (χ0n) is 20.3. The molecule has 0 aliphatic rings. The molecule has 0 bridgehead atoms. The van der Waals surface area contributed by atoms with Crippen LogP contribution < -0.4 is 11.1 Å². The Labute approximate surface area is 191 Å². The summed E-state index contributed by atoms with van der Waals surface area (Å²) in [4.78, 5) is 35.3. The number of ether oxygens (including phenoxy) is 3. The highest BCUT2D eigenvalue weighted by Crippen LogP contribution is 2.14. The molecule has 1 unspecified atom stereocenters. The SMILES string of the molecule is C[C@@H](OCc1ccc(CC(=O)OC(C)(C)C)cc1)C(CCC(N)=O)NC(=O)OC(C)(C)C. The summed E-state index contributed by atoms with van der Waals surface area (Å²) in [5.41, 5.74) is 5.88. The van der Waals surface area contributed by atoms with E-state index in [0.717, 1.165) is 11.1 Å². The van der Waals surface area contributed by atoms with Crippen LogP contribution in [0.15, 0.2) is 24.3 Å². The van der Waals surface area contributed by atoms with Gasteiger partial charge in [-0.25, -0.2) is 4.79 Å². The Morgan fingerprint density at radius 2 is 1.47 bits per heavy atom. The van der Waals surface area contributed by atoms with Crippen LogP contribution in [0.5, 0.6) is 0 Å². The molecule has 0 saturated heterocycles. The number of nitrogens with two attached hydrogens (primary N) is 1. The maximum atomic E-state index is 12.2. The normalized spacial score (nSPS) is 13.7. The fraction of sp³-hybridized carbons (Fsp3) is 0.625. The fourth-order valence-electron chi connectivity index (χ4n) is 2.82. The molecule has 0 fully saturated rings. The summed E-state index contributed by atoms with van der Waals surface area (Å²) in [6, 6.07) is 7.04. The molecule has 8 heteroatoms. The van der Waals surface area contributed by atoms with E-state index in [1.165, 1.54) is 0 Å². The maximum absolute atomic E-state index is 12.2. The summed E-state index contributed by atoms with van der Waals surface area (Å²) in [6.07, 6.45) is -0.306. The second kappa shape index (κ2) is 11.9. The summed E-state index contributed by atoms with van der Waals surface area (Å²) in [5.74, 6) is -0.727. The van der Waals surface area contributed by atoms with Gasteiger partial charge in [-0.3, -0.25) is 9.59 Å². The van der Waals surface area contributed by atoms with Crippen molar-refractivity contribution >= 4 is 18.0 Å². The number of primary amides is 1. The molecule has 1 aromatic rings. The molecule has 1 aromatic carbocycles. The minimum absolute atomic E-state index is 0.119. The van der Waals surface area contributed by atoms with Gasteiger partial charge in [0.25, 0.3) is 0 Å². The zero-order chi connectivity index (χ0) is 24.5. The van der Waals surface area contributed by atoms with E-state index in [9.17, 15) is 14.4 Å². The largest absolute Gasteiger partial charge is 0.460 e. The minimum Gasteiger partial charge on any atom is -0.460 e. The molecule has 0 heterocycles.